The molecule has 5 heteroatoms. The van der Waals surface area contributed by atoms with Gasteiger partial charge < -0.3 is 15.7 Å². The van der Waals surface area contributed by atoms with Gasteiger partial charge in [-0.1, -0.05) is 0 Å². The van der Waals surface area contributed by atoms with Gasteiger partial charge in [0, 0.05) is 12.5 Å². The van der Waals surface area contributed by atoms with Gasteiger partial charge in [-0.2, -0.15) is 5.43 Å². The zero-order valence-electron chi connectivity index (χ0n) is 7.12. The molecule has 3 rings (SSSR count). The molecule has 4 N–H and O–H groups in total. The summed E-state index contributed by atoms with van der Waals surface area (Å²) in [6, 6.07) is 0.110. The van der Waals surface area contributed by atoms with E-state index in [1.54, 1.807) is 0 Å². The standard InChI is InChI=1S/C7H15N3O2/c1-10(11)9-7-5(8)2-4-3-6(7)12-4/h4-7,9-10H,2-3,8H2,1H3. The van der Waals surface area contributed by atoms with E-state index in [1.807, 2.05) is 0 Å². The molecule has 1 saturated carbocycles. The number of nitrogens with two attached hydrogens (primary N) is 1. The van der Waals surface area contributed by atoms with Crippen LogP contribution in [-0.4, -0.2) is 31.3 Å². The molecule has 2 aliphatic heterocycles. The number of rotatable bonds is 2. The molecule has 0 aromatic carbocycles. The van der Waals surface area contributed by atoms with Gasteiger partial charge in [0.15, 0.2) is 0 Å². The van der Waals surface area contributed by atoms with Crippen molar-refractivity contribution >= 4 is 0 Å². The molecule has 3 aliphatic rings. The molecule has 3 fully saturated rings. The first-order chi connectivity index (χ1) is 5.66. The molecule has 0 aromatic rings. The Morgan fingerprint density at radius 2 is 2.25 bits per heavy atom. The van der Waals surface area contributed by atoms with E-state index in [0.29, 0.717) is 6.10 Å². The van der Waals surface area contributed by atoms with Crippen LogP contribution < -0.4 is 16.3 Å². The Balaban J connectivity index is 1.93. The number of quaternary nitrogens is 1. The van der Waals surface area contributed by atoms with Crippen molar-refractivity contribution in [3.05, 3.63) is 5.21 Å². The number of hydrogen-bond donors (Lipinski definition) is 3. The predicted octanol–water partition coefficient (Wildman–Crippen LogP) is -2.24. The summed E-state index contributed by atoms with van der Waals surface area (Å²) >= 11 is 0. The molecule has 70 valence electrons. The topological polar surface area (TPSA) is 74.8 Å². The van der Waals surface area contributed by atoms with Crippen molar-refractivity contribution in [1.29, 1.82) is 0 Å². The maximum absolute atomic E-state index is 10.8. The van der Waals surface area contributed by atoms with Crippen LogP contribution in [0.2, 0.25) is 0 Å². The highest BCUT2D eigenvalue weighted by Crippen LogP contribution is 2.33. The van der Waals surface area contributed by atoms with Crippen molar-refractivity contribution in [3.63, 3.8) is 0 Å². The van der Waals surface area contributed by atoms with Crippen molar-refractivity contribution in [2.45, 2.75) is 37.1 Å². The van der Waals surface area contributed by atoms with Gasteiger partial charge in [-0.3, -0.25) is 5.17 Å². The first kappa shape index (κ1) is 8.40. The lowest BCUT2D eigenvalue weighted by atomic mass is 9.82. The van der Waals surface area contributed by atoms with E-state index in [4.69, 9.17) is 10.5 Å². The zero-order valence-corrected chi connectivity index (χ0v) is 7.12. The number of hydrogen-bond acceptors (Lipinski definition) is 4. The van der Waals surface area contributed by atoms with E-state index in [0.717, 1.165) is 12.8 Å². The average Bonchev–Trinajstić information content (AvgIpc) is 1.89. The Morgan fingerprint density at radius 1 is 1.58 bits per heavy atom. The Kier molecular flexibility index (Phi) is 2.05. The zero-order chi connectivity index (χ0) is 8.72. The Bertz CT molecular complexity index is 168. The summed E-state index contributed by atoms with van der Waals surface area (Å²) in [4.78, 5) is 0. The molecular formula is C7H15N3O2. The van der Waals surface area contributed by atoms with Gasteiger partial charge in [0.2, 0.25) is 0 Å². The third kappa shape index (κ3) is 1.34. The predicted molar refractivity (Wildman–Crippen MR) is 43.0 cm³/mol. The van der Waals surface area contributed by atoms with E-state index >= 15 is 0 Å². The van der Waals surface area contributed by atoms with Crippen molar-refractivity contribution < 1.29 is 9.91 Å². The fraction of sp³-hybridized carbons (Fsp3) is 1.00. The number of ether oxygens (including phenoxy) is 1. The summed E-state index contributed by atoms with van der Waals surface area (Å²) in [5.41, 5.74) is 8.68. The summed E-state index contributed by atoms with van der Waals surface area (Å²) in [7, 11) is 1.51. The van der Waals surface area contributed by atoms with Crippen LogP contribution in [0.3, 0.4) is 0 Å². The van der Waals surface area contributed by atoms with Gasteiger partial charge in [-0.05, 0) is 6.42 Å². The molecule has 2 bridgehead atoms. The lowest BCUT2D eigenvalue weighted by Gasteiger charge is -2.49. The molecule has 2 heterocycles. The van der Waals surface area contributed by atoms with Crippen molar-refractivity contribution in [2.24, 2.45) is 5.73 Å². The van der Waals surface area contributed by atoms with Crippen molar-refractivity contribution in [3.8, 4) is 0 Å². The molecule has 12 heavy (non-hydrogen) atoms. The highest BCUT2D eigenvalue weighted by atomic mass is 16.5. The Morgan fingerprint density at radius 3 is 2.75 bits per heavy atom. The van der Waals surface area contributed by atoms with Crippen LogP contribution in [0.25, 0.3) is 0 Å². The van der Waals surface area contributed by atoms with Gasteiger partial charge in [-0.15, -0.1) is 0 Å². The molecule has 0 spiro atoms. The molecule has 0 amide bonds. The average molecular weight is 173 g/mol. The fourth-order valence-electron chi connectivity index (χ4n) is 2.04. The maximum Gasteiger partial charge on any atom is 0.0972 e. The molecular weight excluding hydrogens is 158 g/mol. The first-order valence-electron chi connectivity index (χ1n) is 4.35. The van der Waals surface area contributed by atoms with Crippen LogP contribution in [-0.2, 0) is 4.74 Å². The van der Waals surface area contributed by atoms with Crippen molar-refractivity contribution in [2.75, 3.05) is 7.05 Å². The van der Waals surface area contributed by atoms with Crippen LogP contribution in [0.15, 0.2) is 0 Å². The third-order valence-electron chi connectivity index (χ3n) is 2.63. The molecule has 5 atom stereocenters. The summed E-state index contributed by atoms with van der Waals surface area (Å²) < 4.78 is 5.46. The van der Waals surface area contributed by atoms with E-state index in [1.165, 1.54) is 7.05 Å². The summed E-state index contributed by atoms with van der Waals surface area (Å²) in [6.45, 7) is 0. The van der Waals surface area contributed by atoms with Crippen LogP contribution in [0, 0.1) is 5.21 Å². The molecule has 2 saturated heterocycles. The second kappa shape index (κ2) is 2.93. The Hall–Kier alpha value is -0.200. The molecule has 0 radical (unpaired) electrons. The van der Waals surface area contributed by atoms with Crippen LogP contribution in [0.5, 0.6) is 0 Å². The largest absolute Gasteiger partial charge is 0.613 e. The minimum Gasteiger partial charge on any atom is -0.613 e. The quantitative estimate of drug-likeness (QED) is 0.413. The summed E-state index contributed by atoms with van der Waals surface area (Å²) in [5, 5.41) is 10.8. The maximum atomic E-state index is 10.8. The normalized spacial score (nSPS) is 48.2. The molecule has 1 aliphatic carbocycles. The number of fused-ring (bicyclic) bond motifs is 2. The smallest absolute Gasteiger partial charge is 0.0972 e. The van der Waals surface area contributed by atoms with Crippen LogP contribution in [0.1, 0.15) is 12.8 Å². The molecule has 0 aromatic heterocycles. The van der Waals surface area contributed by atoms with Gasteiger partial charge >= 0.3 is 0 Å². The van der Waals surface area contributed by atoms with E-state index in [9.17, 15) is 5.21 Å². The lowest BCUT2D eigenvalue weighted by Crippen LogP contribution is -3.13. The third-order valence-corrected chi connectivity index (χ3v) is 2.63. The summed E-state index contributed by atoms with van der Waals surface area (Å²) in [5.74, 6) is 0. The SMILES string of the molecule is C[NH+]([O-])NC1C(N)CC2CC1O2. The number of nitrogens with one attached hydrogen (secondary N) is 2. The number of hydroxylamine groups is 1. The van der Waals surface area contributed by atoms with Gasteiger partial charge in [0.05, 0.1) is 25.3 Å². The van der Waals surface area contributed by atoms with Crippen LogP contribution in [0.4, 0.5) is 0 Å². The van der Waals surface area contributed by atoms with Gasteiger partial charge in [0.25, 0.3) is 0 Å². The second-order valence-corrected chi connectivity index (χ2v) is 3.66. The van der Waals surface area contributed by atoms with E-state index in [-0.39, 0.29) is 23.4 Å². The lowest BCUT2D eigenvalue weighted by molar-refractivity contribution is -0.880. The Labute approximate surface area is 71.4 Å². The minimum atomic E-state index is -0.0237. The molecule has 5 nitrogen and oxygen atoms in total. The van der Waals surface area contributed by atoms with E-state index < -0.39 is 0 Å². The van der Waals surface area contributed by atoms with E-state index in [2.05, 4.69) is 5.43 Å². The molecule has 5 unspecified atom stereocenters. The van der Waals surface area contributed by atoms with Gasteiger partial charge in [-0.25, -0.2) is 0 Å². The minimum absolute atomic E-state index is 0.0237. The van der Waals surface area contributed by atoms with Gasteiger partial charge in [0.1, 0.15) is 0 Å². The van der Waals surface area contributed by atoms with Crippen molar-refractivity contribution in [1.82, 2.24) is 5.43 Å². The fourth-order valence-corrected chi connectivity index (χ4v) is 2.04. The highest BCUT2D eigenvalue weighted by molar-refractivity contribution is 4.99. The highest BCUT2D eigenvalue weighted by Gasteiger charge is 2.46. The second-order valence-electron chi connectivity index (χ2n) is 3.66. The first-order valence-corrected chi connectivity index (χ1v) is 4.35. The summed E-state index contributed by atoms with van der Waals surface area (Å²) in [6.07, 6.45) is 2.46. The monoisotopic (exact) mass is 173 g/mol. The van der Waals surface area contributed by atoms with Crippen LogP contribution >= 0.6 is 0 Å².